The summed E-state index contributed by atoms with van der Waals surface area (Å²) in [5.41, 5.74) is 1.65. The number of halogens is 2. The number of nitrogens with one attached hydrogen (secondary N) is 1. The van der Waals surface area contributed by atoms with Gasteiger partial charge < -0.3 is 24.3 Å². The molecule has 0 aliphatic rings. The lowest BCUT2D eigenvalue weighted by atomic mass is 10.1. The molecule has 0 aliphatic carbocycles. The van der Waals surface area contributed by atoms with E-state index in [1.165, 1.54) is 7.11 Å². The van der Waals surface area contributed by atoms with Gasteiger partial charge in [-0.05, 0) is 54.7 Å². The molecule has 0 fully saturated rings. The van der Waals surface area contributed by atoms with Crippen LogP contribution in [0.4, 0.5) is 0 Å². The Hall–Kier alpha value is -2.43. The Bertz CT molecular complexity index is 893. The van der Waals surface area contributed by atoms with Crippen LogP contribution in [-0.2, 0) is 25.4 Å². The fraction of sp³-hybridized carbons (Fsp3) is 0.348. The summed E-state index contributed by atoms with van der Waals surface area (Å²) < 4.78 is 21.0. The largest absolute Gasteiger partial charge is 0.481 e. The number of methoxy groups -OCH3 is 1. The van der Waals surface area contributed by atoms with Gasteiger partial charge in [0.05, 0.1) is 17.2 Å². The number of hydrogen-bond donors (Lipinski definition) is 1. The second kappa shape index (κ2) is 13.8. The summed E-state index contributed by atoms with van der Waals surface area (Å²) >= 11 is 12.1. The summed E-state index contributed by atoms with van der Waals surface area (Å²) in [5, 5.41) is 3.66. The molecule has 0 spiro atoms. The van der Waals surface area contributed by atoms with E-state index in [9.17, 15) is 4.79 Å². The first-order chi connectivity index (χ1) is 15.0. The van der Waals surface area contributed by atoms with E-state index in [1.54, 1.807) is 18.2 Å². The van der Waals surface area contributed by atoms with Gasteiger partial charge in [-0.2, -0.15) is 0 Å². The first kappa shape index (κ1) is 24.8. The molecule has 1 N–H and O–H groups in total. The van der Waals surface area contributed by atoms with Crippen molar-refractivity contribution >= 4 is 29.1 Å². The summed E-state index contributed by atoms with van der Waals surface area (Å²) in [6.45, 7) is 3.01. The Morgan fingerprint density at radius 1 is 1.13 bits per heavy atom. The van der Waals surface area contributed by atoms with Gasteiger partial charge in [-0.25, -0.2) is 0 Å². The molecule has 2 aromatic rings. The highest BCUT2D eigenvalue weighted by Crippen LogP contribution is 2.27. The van der Waals surface area contributed by atoms with E-state index in [0.717, 1.165) is 5.56 Å². The number of rotatable bonds is 11. The molecule has 8 heteroatoms. The average molecular weight is 466 g/mol. The first-order valence-corrected chi connectivity index (χ1v) is 10.4. The minimum atomic E-state index is -0.856. The zero-order valence-corrected chi connectivity index (χ0v) is 19.0. The maximum atomic E-state index is 12.7. The molecule has 1 unspecified atom stereocenters. The smallest absolute Gasteiger partial charge is 0.253 e. The lowest BCUT2D eigenvalue weighted by molar-refractivity contribution is -0.144. The fourth-order valence-electron chi connectivity index (χ4n) is 2.59. The summed E-state index contributed by atoms with van der Waals surface area (Å²) in [5.74, 6) is 3.14. The zero-order chi connectivity index (χ0) is 22.5. The third-order valence-corrected chi connectivity index (χ3v) is 4.87. The molecule has 0 saturated heterocycles. The van der Waals surface area contributed by atoms with Gasteiger partial charge in [0.15, 0.2) is 12.7 Å². The van der Waals surface area contributed by atoms with E-state index in [4.69, 9.17) is 37.4 Å². The molecule has 1 amide bonds. The van der Waals surface area contributed by atoms with E-state index in [-0.39, 0.29) is 19.3 Å². The number of carbonyl (C=O) groups is 1. The van der Waals surface area contributed by atoms with E-state index < -0.39 is 6.10 Å². The second-order valence-corrected chi connectivity index (χ2v) is 7.10. The van der Waals surface area contributed by atoms with Crippen LogP contribution in [0.5, 0.6) is 5.75 Å². The molecule has 166 valence electrons. The number of carbonyl (C=O) groups excluding carboxylic acids is 1. The Kier molecular flexibility index (Phi) is 11.0. The van der Waals surface area contributed by atoms with Crippen molar-refractivity contribution in [3.05, 3.63) is 63.6 Å². The molecule has 31 heavy (non-hydrogen) atoms. The Morgan fingerprint density at radius 2 is 1.90 bits per heavy atom. The second-order valence-electron chi connectivity index (χ2n) is 6.29. The van der Waals surface area contributed by atoms with Gasteiger partial charge in [0.1, 0.15) is 18.6 Å². The normalized spacial score (nSPS) is 11.2. The molecule has 2 rings (SSSR count). The van der Waals surface area contributed by atoms with Gasteiger partial charge >= 0.3 is 0 Å². The molecule has 0 saturated carbocycles. The van der Waals surface area contributed by atoms with Crippen molar-refractivity contribution in [2.75, 3.05) is 33.7 Å². The van der Waals surface area contributed by atoms with Crippen LogP contribution in [0, 0.1) is 12.0 Å². The van der Waals surface area contributed by atoms with Crippen LogP contribution >= 0.6 is 23.2 Å². The maximum Gasteiger partial charge on any atom is 0.253 e. The zero-order valence-electron chi connectivity index (χ0n) is 17.5. The van der Waals surface area contributed by atoms with Gasteiger partial charge in [0.25, 0.3) is 5.91 Å². The van der Waals surface area contributed by atoms with Crippen molar-refractivity contribution in [3.8, 4) is 17.8 Å². The van der Waals surface area contributed by atoms with Crippen molar-refractivity contribution < 1.29 is 23.7 Å². The SMILES string of the molecule is CCOCOC(C(=O)NCCc1ccc(OCC#COC)cc1)c1ccc(Cl)c(Cl)c1. The van der Waals surface area contributed by atoms with E-state index in [0.29, 0.717) is 40.9 Å². The van der Waals surface area contributed by atoms with E-state index >= 15 is 0 Å². The van der Waals surface area contributed by atoms with Crippen LogP contribution in [-0.4, -0.2) is 39.6 Å². The van der Waals surface area contributed by atoms with Crippen LogP contribution in [0.25, 0.3) is 0 Å². The molecular weight excluding hydrogens is 441 g/mol. The summed E-state index contributed by atoms with van der Waals surface area (Å²) in [6, 6.07) is 12.6. The number of benzene rings is 2. The van der Waals surface area contributed by atoms with E-state index in [1.807, 2.05) is 31.2 Å². The van der Waals surface area contributed by atoms with Crippen LogP contribution < -0.4 is 10.1 Å². The predicted octanol–water partition coefficient (Wildman–Crippen LogP) is 4.39. The Balaban J connectivity index is 1.90. The third kappa shape index (κ3) is 8.68. The molecule has 6 nitrogen and oxygen atoms in total. The third-order valence-electron chi connectivity index (χ3n) is 4.13. The van der Waals surface area contributed by atoms with Gasteiger partial charge in [0.2, 0.25) is 0 Å². The predicted molar refractivity (Wildman–Crippen MR) is 120 cm³/mol. The van der Waals surface area contributed by atoms with Crippen LogP contribution in [0.1, 0.15) is 24.2 Å². The highest BCUT2D eigenvalue weighted by Gasteiger charge is 2.22. The van der Waals surface area contributed by atoms with Crippen LogP contribution in [0.2, 0.25) is 10.0 Å². The van der Waals surface area contributed by atoms with Crippen molar-refractivity contribution in [2.24, 2.45) is 0 Å². The quantitative estimate of drug-likeness (QED) is 0.302. The monoisotopic (exact) mass is 465 g/mol. The van der Waals surface area contributed by atoms with Crippen molar-refractivity contribution in [2.45, 2.75) is 19.4 Å². The van der Waals surface area contributed by atoms with Crippen LogP contribution in [0.15, 0.2) is 42.5 Å². The summed E-state index contributed by atoms with van der Waals surface area (Å²) in [6.07, 6.45) is 2.26. The Labute approximate surface area is 192 Å². The number of ether oxygens (including phenoxy) is 4. The lowest BCUT2D eigenvalue weighted by Gasteiger charge is -2.18. The molecule has 0 aliphatic heterocycles. The number of hydrogen-bond acceptors (Lipinski definition) is 5. The average Bonchev–Trinajstić information content (AvgIpc) is 2.77. The topological polar surface area (TPSA) is 66.0 Å². The van der Waals surface area contributed by atoms with Crippen molar-refractivity contribution in [1.29, 1.82) is 0 Å². The molecule has 0 heterocycles. The minimum Gasteiger partial charge on any atom is -0.481 e. The van der Waals surface area contributed by atoms with Crippen molar-refractivity contribution in [1.82, 2.24) is 5.32 Å². The molecule has 1 atom stereocenters. The standard InChI is InChI=1S/C23H25Cl2NO5/c1-3-29-16-31-22(18-7-10-20(24)21(25)15-18)23(27)26-12-11-17-5-8-19(9-6-17)30-14-4-13-28-2/h5-10,15,22H,3,11-12,14,16H2,1-2H3,(H,26,27). The fourth-order valence-corrected chi connectivity index (χ4v) is 2.90. The Morgan fingerprint density at radius 3 is 2.58 bits per heavy atom. The maximum absolute atomic E-state index is 12.7. The lowest BCUT2D eigenvalue weighted by Crippen LogP contribution is -2.32. The van der Waals surface area contributed by atoms with Crippen molar-refractivity contribution in [3.63, 3.8) is 0 Å². The molecule has 0 bridgehead atoms. The summed E-state index contributed by atoms with van der Waals surface area (Å²) in [4.78, 5) is 12.7. The highest BCUT2D eigenvalue weighted by atomic mass is 35.5. The summed E-state index contributed by atoms with van der Waals surface area (Å²) in [7, 11) is 1.50. The first-order valence-electron chi connectivity index (χ1n) is 9.69. The highest BCUT2D eigenvalue weighted by molar-refractivity contribution is 6.42. The molecule has 2 aromatic carbocycles. The van der Waals surface area contributed by atoms with Gasteiger partial charge in [-0.3, -0.25) is 4.79 Å². The van der Waals surface area contributed by atoms with Crippen LogP contribution in [0.3, 0.4) is 0 Å². The van der Waals surface area contributed by atoms with Gasteiger partial charge in [-0.1, -0.05) is 41.4 Å². The number of amides is 1. The molecular formula is C23H25Cl2NO5. The van der Waals surface area contributed by atoms with E-state index in [2.05, 4.69) is 22.1 Å². The molecule has 0 radical (unpaired) electrons. The van der Waals surface area contributed by atoms with Gasteiger partial charge in [-0.15, -0.1) is 0 Å². The molecule has 0 aromatic heterocycles. The van der Waals surface area contributed by atoms with Gasteiger partial charge in [0, 0.05) is 13.2 Å². The minimum absolute atomic E-state index is 0.00888.